The van der Waals surface area contributed by atoms with E-state index in [1.54, 1.807) is 12.1 Å². The molecule has 1 aromatic heterocycles. The average molecular weight is 305 g/mol. The highest BCUT2D eigenvalue weighted by Gasteiger charge is 2.19. The largest absolute Gasteiger partial charge is 0.459 e. The van der Waals surface area contributed by atoms with E-state index >= 15 is 0 Å². The number of aryl methyl sites for hydroxylation is 1. The van der Waals surface area contributed by atoms with E-state index in [4.69, 9.17) is 16.0 Å². The highest BCUT2D eigenvalue weighted by molar-refractivity contribution is 6.31. The van der Waals surface area contributed by atoms with Gasteiger partial charge in [-0.2, -0.15) is 0 Å². The quantitative estimate of drug-likeness (QED) is 0.929. The zero-order valence-corrected chi connectivity index (χ0v) is 12.6. The number of nitrogens with zero attached hydrogens (tertiary/aromatic N) is 1. The summed E-state index contributed by atoms with van der Waals surface area (Å²) in [4.78, 5) is 14.6. The number of carbonyl (C=O) groups is 1. The van der Waals surface area contributed by atoms with Crippen LogP contribution in [0.5, 0.6) is 0 Å². The monoisotopic (exact) mass is 304 g/mol. The number of benzene rings is 1. The molecule has 4 nitrogen and oxygen atoms in total. The summed E-state index contributed by atoms with van der Waals surface area (Å²) in [7, 11) is 0. The molecule has 0 bridgehead atoms. The molecule has 2 aromatic rings. The first-order valence-corrected chi connectivity index (χ1v) is 7.43. The van der Waals surface area contributed by atoms with Crippen molar-refractivity contribution in [2.45, 2.75) is 19.8 Å². The van der Waals surface area contributed by atoms with E-state index in [0.29, 0.717) is 10.8 Å². The summed E-state index contributed by atoms with van der Waals surface area (Å²) >= 11 is 6.07. The highest BCUT2D eigenvalue weighted by Crippen LogP contribution is 2.32. The Morgan fingerprint density at radius 2 is 2.05 bits per heavy atom. The van der Waals surface area contributed by atoms with Crippen LogP contribution in [0.2, 0.25) is 5.02 Å². The summed E-state index contributed by atoms with van der Waals surface area (Å²) in [5.41, 5.74) is 2.55. The molecule has 0 spiro atoms. The van der Waals surface area contributed by atoms with Gasteiger partial charge in [-0.15, -0.1) is 0 Å². The third-order valence-electron chi connectivity index (χ3n) is 3.72. The van der Waals surface area contributed by atoms with Gasteiger partial charge in [-0.3, -0.25) is 4.79 Å². The van der Waals surface area contributed by atoms with Gasteiger partial charge in [0.2, 0.25) is 0 Å². The fraction of sp³-hybridized carbons (Fsp3) is 0.312. The second-order valence-electron chi connectivity index (χ2n) is 5.24. The molecule has 1 saturated heterocycles. The van der Waals surface area contributed by atoms with Crippen LogP contribution < -0.4 is 10.2 Å². The Balaban J connectivity index is 1.88. The normalized spacial score (nSPS) is 14.5. The number of hydrogen-bond donors (Lipinski definition) is 1. The van der Waals surface area contributed by atoms with Crippen LogP contribution in [-0.2, 0) is 0 Å². The molecule has 5 heteroatoms. The molecule has 0 unspecified atom stereocenters. The summed E-state index contributed by atoms with van der Waals surface area (Å²) in [6.07, 6.45) is 3.87. The van der Waals surface area contributed by atoms with Crippen LogP contribution in [0.15, 0.2) is 34.9 Å². The fourth-order valence-corrected chi connectivity index (χ4v) is 2.80. The zero-order chi connectivity index (χ0) is 14.8. The van der Waals surface area contributed by atoms with Crippen molar-refractivity contribution in [3.8, 4) is 0 Å². The van der Waals surface area contributed by atoms with Gasteiger partial charge in [0.15, 0.2) is 5.76 Å². The van der Waals surface area contributed by atoms with Gasteiger partial charge in [-0.25, -0.2) is 0 Å². The summed E-state index contributed by atoms with van der Waals surface area (Å²) in [5.74, 6) is 0.0857. The molecule has 21 heavy (non-hydrogen) atoms. The van der Waals surface area contributed by atoms with Crippen molar-refractivity contribution < 1.29 is 9.21 Å². The van der Waals surface area contributed by atoms with Gasteiger partial charge < -0.3 is 14.6 Å². The number of furan rings is 1. The van der Waals surface area contributed by atoms with Crippen molar-refractivity contribution >= 4 is 28.9 Å². The number of nitrogens with one attached hydrogen (secondary N) is 1. The fourth-order valence-electron chi connectivity index (χ4n) is 2.63. The number of amides is 1. The van der Waals surface area contributed by atoms with E-state index < -0.39 is 0 Å². The molecule has 1 amide bonds. The van der Waals surface area contributed by atoms with E-state index in [2.05, 4.69) is 10.2 Å². The van der Waals surface area contributed by atoms with Crippen LogP contribution in [0.1, 0.15) is 29.0 Å². The van der Waals surface area contributed by atoms with Gasteiger partial charge in [-0.1, -0.05) is 11.6 Å². The van der Waals surface area contributed by atoms with Crippen molar-refractivity contribution in [2.24, 2.45) is 0 Å². The Kier molecular flexibility index (Phi) is 3.88. The number of carbonyl (C=O) groups excluding carboxylic acids is 1. The number of anilines is 2. The van der Waals surface area contributed by atoms with Crippen molar-refractivity contribution in [3.63, 3.8) is 0 Å². The first kappa shape index (κ1) is 14.0. The standard InChI is InChI=1S/C16H17ClN2O2/c1-11-6-9-21-15(11)16(20)18-13-10-12(17)4-5-14(13)19-7-2-3-8-19/h4-6,9-10H,2-3,7-8H2,1H3,(H,18,20). The highest BCUT2D eigenvalue weighted by atomic mass is 35.5. The molecule has 1 aliphatic heterocycles. The van der Waals surface area contributed by atoms with Crippen molar-refractivity contribution in [2.75, 3.05) is 23.3 Å². The van der Waals surface area contributed by atoms with E-state index in [1.165, 1.54) is 19.1 Å². The minimum atomic E-state index is -0.250. The van der Waals surface area contributed by atoms with Crippen LogP contribution in [0.4, 0.5) is 11.4 Å². The number of rotatable bonds is 3. The lowest BCUT2D eigenvalue weighted by Crippen LogP contribution is -2.21. The van der Waals surface area contributed by atoms with Crippen LogP contribution in [0.25, 0.3) is 0 Å². The molecule has 1 aliphatic rings. The average Bonchev–Trinajstić information content (AvgIpc) is 3.10. The molecule has 0 saturated carbocycles. The Morgan fingerprint density at radius 3 is 2.71 bits per heavy atom. The van der Waals surface area contributed by atoms with Crippen molar-refractivity contribution in [3.05, 3.63) is 46.9 Å². The Bertz CT molecular complexity index is 660. The maximum Gasteiger partial charge on any atom is 0.291 e. The molecule has 1 fully saturated rings. The van der Waals surface area contributed by atoms with E-state index in [1.807, 2.05) is 19.1 Å². The summed E-state index contributed by atoms with van der Waals surface area (Å²) in [6, 6.07) is 7.36. The molecule has 1 aromatic carbocycles. The molecule has 2 heterocycles. The van der Waals surface area contributed by atoms with Crippen molar-refractivity contribution in [1.29, 1.82) is 0 Å². The minimum absolute atomic E-state index is 0.250. The molecular formula is C16H17ClN2O2. The second-order valence-corrected chi connectivity index (χ2v) is 5.68. The van der Waals surface area contributed by atoms with E-state index in [9.17, 15) is 4.79 Å². The van der Waals surface area contributed by atoms with Crippen LogP contribution in [0.3, 0.4) is 0 Å². The van der Waals surface area contributed by atoms with Gasteiger partial charge >= 0.3 is 0 Å². The summed E-state index contributed by atoms with van der Waals surface area (Å²) in [6.45, 7) is 3.85. The molecule has 0 atom stereocenters. The van der Waals surface area contributed by atoms with E-state index in [0.717, 1.165) is 30.0 Å². The first-order chi connectivity index (χ1) is 10.1. The number of hydrogen-bond acceptors (Lipinski definition) is 3. The lowest BCUT2D eigenvalue weighted by molar-refractivity contribution is 0.0996. The van der Waals surface area contributed by atoms with Gasteiger partial charge in [0.1, 0.15) is 0 Å². The van der Waals surface area contributed by atoms with Gasteiger partial charge in [0.25, 0.3) is 5.91 Å². The molecule has 3 rings (SSSR count). The molecule has 0 aliphatic carbocycles. The number of halogens is 1. The summed E-state index contributed by atoms with van der Waals surface area (Å²) < 4.78 is 5.24. The maximum absolute atomic E-state index is 12.3. The SMILES string of the molecule is Cc1ccoc1C(=O)Nc1cc(Cl)ccc1N1CCCC1. The van der Waals surface area contributed by atoms with Crippen molar-refractivity contribution in [1.82, 2.24) is 0 Å². The zero-order valence-electron chi connectivity index (χ0n) is 11.9. The van der Waals surface area contributed by atoms with E-state index in [-0.39, 0.29) is 5.91 Å². The second kappa shape index (κ2) is 5.82. The smallest absolute Gasteiger partial charge is 0.291 e. The van der Waals surface area contributed by atoms with Gasteiger partial charge in [0, 0.05) is 23.7 Å². The van der Waals surface area contributed by atoms with Crippen LogP contribution in [-0.4, -0.2) is 19.0 Å². The Labute approximate surface area is 128 Å². The lowest BCUT2D eigenvalue weighted by atomic mass is 10.2. The maximum atomic E-state index is 12.3. The summed E-state index contributed by atoms with van der Waals surface area (Å²) in [5, 5.41) is 3.51. The lowest BCUT2D eigenvalue weighted by Gasteiger charge is -2.21. The topological polar surface area (TPSA) is 45.5 Å². The van der Waals surface area contributed by atoms with Crippen LogP contribution >= 0.6 is 11.6 Å². The predicted octanol–water partition coefficient (Wildman–Crippen LogP) is 4.09. The first-order valence-electron chi connectivity index (χ1n) is 7.05. The Morgan fingerprint density at radius 1 is 1.29 bits per heavy atom. The van der Waals surface area contributed by atoms with Crippen LogP contribution in [0, 0.1) is 6.92 Å². The third-order valence-corrected chi connectivity index (χ3v) is 3.96. The Hall–Kier alpha value is -1.94. The predicted molar refractivity (Wildman–Crippen MR) is 84.3 cm³/mol. The van der Waals surface area contributed by atoms with Gasteiger partial charge in [-0.05, 0) is 44.0 Å². The molecule has 0 radical (unpaired) electrons. The third kappa shape index (κ3) is 2.90. The minimum Gasteiger partial charge on any atom is -0.459 e. The molecule has 1 N–H and O–H groups in total. The molecular weight excluding hydrogens is 288 g/mol. The molecule has 110 valence electrons. The van der Waals surface area contributed by atoms with Gasteiger partial charge in [0.05, 0.1) is 17.6 Å².